The number of hydrogen-bond acceptors (Lipinski definition) is 2. The third kappa shape index (κ3) is 1.51. The number of hydrogen-bond donors (Lipinski definition) is 1. The summed E-state index contributed by atoms with van der Waals surface area (Å²) in [6.45, 7) is 2.10. The Morgan fingerprint density at radius 3 is 2.67 bits per heavy atom. The van der Waals surface area contributed by atoms with Gasteiger partial charge in [0.1, 0.15) is 5.52 Å². The maximum Gasteiger partial charge on any atom is 0.184 e. The Balaban J connectivity index is 2.40. The van der Waals surface area contributed by atoms with Gasteiger partial charge in [-0.2, -0.15) is 5.10 Å². The second-order valence-electron chi connectivity index (χ2n) is 4.22. The first-order valence-corrected chi connectivity index (χ1v) is 6.35. The molecule has 1 N–H and O–H groups in total. The van der Waals surface area contributed by atoms with Gasteiger partial charge in [0.15, 0.2) is 10.4 Å². The van der Waals surface area contributed by atoms with Crippen LogP contribution in [0.5, 0.6) is 0 Å². The van der Waals surface area contributed by atoms with Crippen molar-refractivity contribution in [2.24, 2.45) is 7.05 Å². The van der Waals surface area contributed by atoms with E-state index in [2.05, 4.69) is 17.0 Å². The van der Waals surface area contributed by atoms with Crippen molar-refractivity contribution in [2.75, 3.05) is 0 Å². The van der Waals surface area contributed by atoms with Crippen molar-refractivity contribution in [3.05, 3.63) is 40.8 Å². The zero-order chi connectivity index (χ0) is 12.7. The fourth-order valence-corrected chi connectivity index (χ4v) is 2.57. The van der Waals surface area contributed by atoms with E-state index in [4.69, 9.17) is 12.2 Å². The lowest BCUT2D eigenvalue weighted by Gasteiger charge is -2.03. The minimum absolute atomic E-state index is 0.707. The number of aromatic nitrogens is 4. The molecule has 4 nitrogen and oxygen atoms in total. The molecule has 0 fully saturated rings. The zero-order valence-corrected chi connectivity index (χ0v) is 11.2. The van der Waals surface area contributed by atoms with Gasteiger partial charge in [-0.3, -0.25) is 4.57 Å². The predicted molar refractivity (Wildman–Crippen MR) is 74.6 cm³/mol. The van der Waals surface area contributed by atoms with Gasteiger partial charge in [-0.05, 0) is 30.8 Å². The summed E-state index contributed by atoms with van der Waals surface area (Å²) >= 11 is 5.42. The molecule has 0 radical (unpaired) electrons. The second-order valence-corrected chi connectivity index (χ2v) is 4.61. The molecule has 1 aromatic carbocycles. The molecule has 0 spiro atoms. The van der Waals surface area contributed by atoms with Crippen LogP contribution in [0.15, 0.2) is 30.3 Å². The highest BCUT2D eigenvalue weighted by Crippen LogP contribution is 2.21. The summed E-state index contributed by atoms with van der Waals surface area (Å²) in [7, 11) is 1.95. The van der Waals surface area contributed by atoms with Gasteiger partial charge in [0, 0.05) is 12.7 Å². The molecule has 0 aliphatic carbocycles. The minimum atomic E-state index is 0.707. The van der Waals surface area contributed by atoms with Gasteiger partial charge >= 0.3 is 0 Å². The van der Waals surface area contributed by atoms with Crippen LogP contribution >= 0.6 is 12.2 Å². The molecule has 0 saturated heterocycles. The van der Waals surface area contributed by atoms with Crippen molar-refractivity contribution >= 4 is 23.4 Å². The third-order valence-corrected chi connectivity index (χ3v) is 3.37. The average molecular weight is 258 g/mol. The molecule has 0 saturated carbocycles. The summed E-state index contributed by atoms with van der Waals surface area (Å²) in [5.41, 5.74) is 4.16. The number of fused-ring (bicyclic) bond motifs is 1. The number of imidazole rings is 1. The molecule has 5 heteroatoms. The average Bonchev–Trinajstić information content (AvgIpc) is 2.87. The normalized spacial score (nSPS) is 11.2. The molecule has 2 aromatic heterocycles. The van der Waals surface area contributed by atoms with Crippen LogP contribution in [0.1, 0.15) is 12.6 Å². The molecule has 18 heavy (non-hydrogen) atoms. The number of benzene rings is 1. The van der Waals surface area contributed by atoms with Crippen molar-refractivity contribution in [1.29, 1.82) is 0 Å². The summed E-state index contributed by atoms with van der Waals surface area (Å²) in [6.07, 6.45) is 0.890. The SMILES string of the molecule is CCc1nn(C)c2c1[nH]c(=S)n2-c1ccccc1. The van der Waals surface area contributed by atoms with Gasteiger partial charge in [-0.1, -0.05) is 25.1 Å². The van der Waals surface area contributed by atoms with Crippen LogP contribution < -0.4 is 0 Å². The monoisotopic (exact) mass is 258 g/mol. The highest BCUT2D eigenvalue weighted by Gasteiger charge is 2.14. The minimum Gasteiger partial charge on any atom is -0.327 e. The van der Waals surface area contributed by atoms with Gasteiger partial charge in [0.2, 0.25) is 0 Å². The molecule has 0 bridgehead atoms. The van der Waals surface area contributed by atoms with E-state index in [9.17, 15) is 0 Å². The van der Waals surface area contributed by atoms with Gasteiger partial charge in [-0.25, -0.2) is 4.68 Å². The number of nitrogens with one attached hydrogen (secondary N) is 1. The lowest BCUT2D eigenvalue weighted by Crippen LogP contribution is -2.00. The van der Waals surface area contributed by atoms with Crippen LogP contribution in [-0.2, 0) is 13.5 Å². The molecule has 92 valence electrons. The first kappa shape index (κ1) is 11.2. The lowest BCUT2D eigenvalue weighted by atomic mass is 10.3. The maximum absolute atomic E-state index is 5.42. The zero-order valence-electron chi connectivity index (χ0n) is 10.3. The smallest absolute Gasteiger partial charge is 0.184 e. The second kappa shape index (κ2) is 4.10. The number of nitrogens with zero attached hydrogens (tertiary/aromatic N) is 3. The van der Waals surface area contributed by atoms with E-state index in [1.807, 2.05) is 46.6 Å². The maximum atomic E-state index is 5.42. The topological polar surface area (TPSA) is 38.5 Å². The van der Waals surface area contributed by atoms with Crippen LogP contribution in [0.3, 0.4) is 0 Å². The van der Waals surface area contributed by atoms with E-state index in [-0.39, 0.29) is 0 Å². The Kier molecular flexibility index (Phi) is 2.56. The van der Waals surface area contributed by atoms with E-state index in [0.29, 0.717) is 4.77 Å². The standard InChI is InChI=1S/C13H14N4S/c1-3-10-11-12(16(2)15-10)17(13(18)14-11)9-7-5-4-6-8-9/h4-8H,3H2,1-2H3,(H,14,18). The number of H-pyrrole nitrogens is 1. The summed E-state index contributed by atoms with van der Waals surface area (Å²) in [5.74, 6) is 0. The first-order valence-electron chi connectivity index (χ1n) is 5.94. The van der Waals surface area contributed by atoms with E-state index in [1.165, 1.54) is 0 Å². The van der Waals surface area contributed by atoms with Crippen LogP contribution in [0.2, 0.25) is 0 Å². The third-order valence-electron chi connectivity index (χ3n) is 3.09. The van der Waals surface area contributed by atoms with E-state index >= 15 is 0 Å². The van der Waals surface area contributed by atoms with E-state index < -0.39 is 0 Å². The fourth-order valence-electron chi connectivity index (χ4n) is 2.28. The summed E-state index contributed by atoms with van der Waals surface area (Å²) in [5, 5.41) is 4.51. The lowest BCUT2D eigenvalue weighted by molar-refractivity contribution is 0.748. The molecular formula is C13H14N4S. The van der Waals surface area contributed by atoms with E-state index in [1.54, 1.807) is 0 Å². The Hall–Kier alpha value is -1.88. The highest BCUT2D eigenvalue weighted by molar-refractivity contribution is 7.71. The fraction of sp³-hybridized carbons (Fsp3) is 0.231. The quantitative estimate of drug-likeness (QED) is 0.718. The van der Waals surface area contributed by atoms with Crippen LogP contribution in [-0.4, -0.2) is 19.3 Å². The van der Waals surface area contributed by atoms with Crippen LogP contribution in [0.4, 0.5) is 0 Å². The van der Waals surface area contributed by atoms with E-state index in [0.717, 1.165) is 29.0 Å². The Morgan fingerprint density at radius 1 is 1.28 bits per heavy atom. The summed E-state index contributed by atoms with van der Waals surface area (Å²) in [6, 6.07) is 10.1. The van der Waals surface area contributed by atoms with Gasteiger partial charge < -0.3 is 4.98 Å². The van der Waals surface area contributed by atoms with Crippen LogP contribution in [0.25, 0.3) is 16.9 Å². The molecule has 0 amide bonds. The van der Waals surface area contributed by atoms with Crippen LogP contribution in [0, 0.1) is 4.77 Å². The van der Waals surface area contributed by atoms with Gasteiger partial charge in [0.25, 0.3) is 0 Å². The largest absolute Gasteiger partial charge is 0.327 e. The molecule has 2 heterocycles. The Labute approximate surface area is 110 Å². The first-order chi connectivity index (χ1) is 8.72. The van der Waals surface area contributed by atoms with Crippen molar-refractivity contribution in [1.82, 2.24) is 19.3 Å². The Morgan fingerprint density at radius 2 is 2.00 bits per heavy atom. The van der Waals surface area contributed by atoms with Crippen molar-refractivity contribution in [2.45, 2.75) is 13.3 Å². The van der Waals surface area contributed by atoms with Gasteiger partial charge in [-0.15, -0.1) is 0 Å². The number of aryl methyl sites for hydroxylation is 2. The number of aromatic amines is 1. The van der Waals surface area contributed by atoms with Crippen molar-refractivity contribution in [3.63, 3.8) is 0 Å². The molecule has 0 atom stereocenters. The molecule has 0 aliphatic heterocycles. The molecular weight excluding hydrogens is 244 g/mol. The summed E-state index contributed by atoms with van der Waals surface area (Å²) < 4.78 is 4.61. The summed E-state index contributed by atoms with van der Waals surface area (Å²) in [4.78, 5) is 3.26. The number of para-hydroxylation sites is 1. The Bertz CT molecular complexity index is 748. The molecule has 0 aliphatic rings. The van der Waals surface area contributed by atoms with Gasteiger partial charge in [0.05, 0.1) is 5.69 Å². The number of rotatable bonds is 2. The molecule has 3 rings (SSSR count). The highest BCUT2D eigenvalue weighted by atomic mass is 32.1. The molecule has 3 aromatic rings. The van der Waals surface area contributed by atoms with Crippen molar-refractivity contribution in [3.8, 4) is 5.69 Å². The molecule has 0 unspecified atom stereocenters. The predicted octanol–water partition coefficient (Wildman–Crippen LogP) is 2.98. The van der Waals surface area contributed by atoms with Crippen molar-refractivity contribution < 1.29 is 0 Å².